The summed E-state index contributed by atoms with van der Waals surface area (Å²) < 4.78 is 23.0. The van der Waals surface area contributed by atoms with E-state index < -0.39 is 5.82 Å². The van der Waals surface area contributed by atoms with Gasteiger partial charge in [-0.25, -0.2) is 4.39 Å². The molecule has 1 rings (SSSR count). The van der Waals surface area contributed by atoms with Crippen LogP contribution in [0.15, 0.2) is 43.2 Å². The molecule has 0 atom stereocenters. The molecule has 1 aromatic carbocycles. The number of ether oxygens (including phenoxy) is 2. The van der Waals surface area contributed by atoms with Gasteiger partial charge in [0.15, 0.2) is 11.6 Å². The Labute approximate surface area is 82.3 Å². The fourth-order valence-corrected chi connectivity index (χ4v) is 0.904. The van der Waals surface area contributed by atoms with Crippen molar-refractivity contribution in [1.29, 1.82) is 0 Å². The van der Waals surface area contributed by atoms with Gasteiger partial charge in [-0.3, -0.25) is 0 Å². The van der Waals surface area contributed by atoms with Gasteiger partial charge < -0.3 is 9.47 Å². The molecule has 0 aliphatic carbocycles. The smallest absolute Gasteiger partial charge is 0.168 e. The molecule has 1 aromatic rings. The summed E-state index contributed by atoms with van der Waals surface area (Å²) in [6, 6.07) is 4.31. The first-order valence-corrected chi connectivity index (χ1v) is 4.00. The highest BCUT2D eigenvalue weighted by atomic mass is 19.1. The summed E-state index contributed by atoms with van der Waals surface area (Å²) in [5.41, 5.74) is 0. The summed E-state index contributed by atoms with van der Waals surface area (Å²) in [5.74, 6) is 0.450. The molecule has 0 amide bonds. The summed E-state index contributed by atoms with van der Waals surface area (Å²) in [7, 11) is 1.40. The van der Waals surface area contributed by atoms with Crippen molar-refractivity contribution in [2.45, 2.75) is 0 Å². The lowest BCUT2D eigenvalue weighted by molar-refractivity contribution is 0.381. The molecule has 0 aliphatic heterocycles. The number of hydrogen-bond donors (Lipinski definition) is 0. The Hall–Kier alpha value is -1.77. The zero-order valence-electron chi connectivity index (χ0n) is 7.92. The van der Waals surface area contributed by atoms with Gasteiger partial charge in [0, 0.05) is 6.07 Å². The monoisotopic (exact) mass is 194 g/mol. The molecule has 0 radical (unpaired) electrons. The number of rotatable bonds is 4. The molecule has 0 unspecified atom stereocenters. The van der Waals surface area contributed by atoms with E-state index in [0.717, 1.165) is 0 Å². The normalized spacial score (nSPS) is 9.29. The number of methoxy groups -OCH3 is 1. The minimum Gasteiger partial charge on any atom is -0.494 e. The molecule has 0 aromatic heterocycles. The van der Waals surface area contributed by atoms with Crippen molar-refractivity contribution in [3.8, 4) is 11.5 Å². The van der Waals surface area contributed by atoms with Crippen LogP contribution in [0.3, 0.4) is 0 Å². The number of hydrogen-bond acceptors (Lipinski definition) is 2. The Kier molecular flexibility index (Phi) is 3.29. The van der Waals surface area contributed by atoms with E-state index >= 15 is 0 Å². The molecule has 0 saturated carbocycles. The Morgan fingerprint density at radius 1 is 1.50 bits per heavy atom. The summed E-state index contributed by atoms with van der Waals surface area (Å²) in [6.07, 6.45) is 1.45. The molecule has 74 valence electrons. The lowest BCUT2D eigenvalue weighted by Crippen LogP contribution is -1.92. The first-order valence-electron chi connectivity index (χ1n) is 4.00. The van der Waals surface area contributed by atoms with E-state index in [1.165, 1.54) is 25.3 Å². The van der Waals surface area contributed by atoms with Gasteiger partial charge in [0.1, 0.15) is 11.5 Å². The van der Waals surface area contributed by atoms with Crippen LogP contribution in [0.2, 0.25) is 0 Å². The molecule has 3 heteroatoms. The maximum absolute atomic E-state index is 13.1. The second kappa shape index (κ2) is 4.46. The van der Waals surface area contributed by atoms with Crippen molar-refractivity contribution in [3.05, 3.63) is 49.0 Å². The van der Waals surface area contributed by atoms with Crippen LogP contribution < -0.4 is 9.47 Å². The van der Waals surface area contributed by atoms with Crippen LogP contribution in [0.1, 0.15) is 0 Å². The van der Waals surface area contributed by atoms with Crippen molar-refractivity contribution in [3.63, 3.8) is 0 Å². The van der Waals surface area contributed by atoms with Gasteiger partial charge >= 0.3 is 0 Å². The number of benzene rings is 1. The van der Waals surface area contributed by atoms with Gasteiger partial charge in [0.25, 0.3) is 0 Å². The SMILES string of the molecule is C=CC(=C)Oc1ccc(OC)c(F)c1. The minimum absolute atomic E-state index is 0.182. The Morgan fingerprint density at radius 2 is 2.21 bits per heavy atom. The second-order valence-electron chi connectivity index (χ2n) is 2.57. The van der Waals surface area contributed by atoms with Crippen LogP contribution in [-0.2, 0) is 0 Å². The third-order valence-corrected chi connectivity index (χ3v) is 1.60. The largest absolute Gasteiger partial charge is 0.494 e. The standard InChI is InChI=1S/C11H11FO2/c1-4-8(2)14-9-5-6-11(13-3)10(12)7-9/h4-7H,1-2H2,3H3. The predicted molar refractivity (Wildman–Crippen MR) is 52.9 cm³/mol. The van der Waals surface area contributed by atoms with Crippen molar-refractivity contribution >= 4 is 0 Å². The van der Waals surface area contributed by atoms with Crippen molar-refractivity contribution in [2.24, 2.45) is 0 Å². The molecular formula is C11H11FO2. The van der Waals surface area contributed by atoms with Crippen molar-refractivity contribution < 1.29 is 13.9 Å². The van der Waals surface area contributed by atoms with E-state index in [1.54, 1.807) is 6.07 Å². The Bertz CT molecular complexity index is 358. The van der Waals surface area contributed by atoms with E-state index in [0.29, 0.717) is 11.5 Å². The number of halogens is 1. The molecule has 2 nitrogen and oxygen atoms in total. The fraction of sp³-hybridized carbons (Fsp3) is 0.0909. The lowest BCUT2D eigenvalue weighted by Gasteiger charge is -2.06. The summed E-state index contributed by atoms with van der Waals surface area (Å²) in [5, 5.41) is 0. The van der Waals surface area contributed by atoms with Crippen LogP contribution in [0.5, 0.6) is 11.5 Å². The van der Waals surface area contributed by atoms with Gasteiger partial charge in [0.2, 0.25) is 0 Å². The Morgan fingerprint density at radius 3 is 2.71 bits per heavy atom. The molecular weight excluding hydrogens is 183 g/mol. The fourth-order valence-electron chi connectivity index (χ4n) is 0.904. The Balaban J connectivity index is 2.86. The molecule has 0 saturated heterocycles. The van der Waals surface area contributed by atoms with Crippen LogP contribution >= 0.6 is 0 Å². The van der Waals surface area contributed by atoms with Crippen LogP contribution in [-0.4, -0.2) is 7.11 Å². The maximum Gasteiger partial charge on any atom is 0.168 e. The molecule has 14 heavy (non-hydrogen) atoms. The zero-order valence-corrected chi connectivity index (χ0v) is 7.92. The predicted octanol–water partition coefficient (Wildman–Crippen LogP) is 2.91. The topological polar surface area (TPSA) is 18.5 Å². The van der Waals surface area contributed by atoms with Gasteiger partial charge in [0.05, 0.1) is 7.11 Å². The number of allylic oxidation sites excluding steroid dienone is 1. The minimum atomic E-state index is -0.470. The van der Waals surface area contributed by atoms with E-state index in [9.17, 15) is 4.39 Å². The van der Waals surface area contributed by atoms with E-state index in [4.69, 9.17) is 9.47 Å². The lowest BCUT2D eigenvalue weighted by atomic mass is 10.3. The van der Waals surface area contributed by atoms with Crippen LogP contribution in [0.25, 0.3) is 0 Å². The third kappa shape index (κ3) is 2.36. The van der Waals surface area contributed by atoms with Crippen molar-refractivity contribution in [1.82, 2.24) is 0 Å². The first kappa shape index (κ1) is 10.3. The first-order chi connectivity index (χ1) is 6.67. The quantitative estimate of drug-likeness (QED) is 0.542. The summed E-state index contributed by atoms with van der Waals surface area (Å²) in [6.45, 7) is 7.02. The average molecular weight is 194 g/mol. The van der Waals surface area contributed by atoms with Crippen LogP contribution in [0, 0.1) is 5.82 Å². The van der Waals surface area contributed by atoms with E-state index in [-0.39, 0.29) is 5.75 Å². The average Bonchev–Trinajstić information content (AvgIpc) is 2.18. The van der Waals surface area contributed by atoms with Crippen LogP contribution in [0.4, 0.5) is 4.39 Å². The van der Waals surface area contributed by atoms with Gasteiger partial charge in [-0.05, 0) is 18.2 Å². The molecule has 0 spiro atoms. The highest BCUT2D eigenvalue weighted by Crippen LogP contribution is 2.23. The molecule has 0 heterocycles. The van der Waals surface area contributed by atoms with Gasteiger partial charge in [-0.2, -0.15) is 0 Å². The van der Waals surface area contributed by atoms with Crippen molar-refractivity contribution in [2.75, 3.05) is 7.11 Å². The second-order valence-corrected chi connectivity index (χ2v) is 2.57. The van der Waals surface area contributed by atoms with E-state index in [2.05, 4.69) is 13.2 Å². The van der Waals surface area contributed by atoms with Gasteiger partial charge in [-0.1, -0.05) is 13.2 Å². The maximum atomic E-state index is 13.1. The van der Waals surface area contributed by atoms with Gasteiger partial charge in [-0.15, -0.1) is 0 Å². The molecule has 0 aliphatic rings. The molecule has 0 N–H and O–H groups in total. The van der Waals surface area contributed by atoms with E-state index in [1.807, 2.05) is 0 Å². The third-order valence-electron chi connectivity index (χ3n) is 1.60. The summed E-state index contributed by atoms with van der Waals surface area (Å²) >= 11 is 0. The zero-order chi connectivity index (χ0) is 10.6. The molecule has 0 bridgehead atoms. The summed E-state index contributed by atoms with van der Waals surface area (Å²) in [4.78, 5) is 0. The molecule has 0 fully saturated rings. The highest BCUT2D eigenvalue weighted by molar-refractivity contribution is 5.34. The highest BCUT2D eigenvalue weighted by Gasteiger charge is 2.04.